The van der Waals surface area contributed by atoms with E-state index in [-0.39, 0.29) is 6.61 Å². The number of rotatable bonds is 8. The summed E-state index contributed by atoms with van der Waals surface area (Å²) in [5, 5.41) is 4.02. The lowest BCUT2D eigenvalue weighted by Gasteiger charge is -2.24. The third-order valence-corrected chi connectivity index (χ3v) is 4.15. The molecule has 3 aromatic rings. The first-order valence-electron chi connectivity index (χ1n) is 8.93. The van der Waals surface area contributed by atoms with Crippen molar-refractivity contribution >= 4 is 11.8 Å². The normalized spacial score (nSPS) is 10.6. The van der Waals surface area contributed by atoms with Gasteiger partial charge in [-0.25, -0.2) is 4.79 Å². The molecule has 0 aliphatic rings. The Morgan fingerprint density at radius 3 is 2.56 bits per heavy atom. The summed E-state index contributed by atoms with van der Waals surface area (Å²) in [6, 6.07) is 20.4. The van der Waals surface area contributed by atoms with Crippen LogP contribution in [0.25, 0.3) is 11.3 Å². The molecule has 0 saturated heterocycles. The summed E-state index contributed by atoms with van der Waals surface area (Å²) in [5.74, 6) is 0.449. The fraction of sp³-hybridized carbons (Fsp3) is 0.238. The molecule has 1 amide bonds. The lowest BCUT2D eigenvalue weighted by Crippen LogP contribution is -2.23. The largest absolute Gasteiger partial charge is 0.441 e. The summed E-state index contributed by atoms with van der Waals surface area (Å²) in [4.78, 5) is 13.0. The van der Waals surface area contributed by atoms with Crippen LogP contribution in [0.1, 0.15) is 24.7 Å². The zero-order chi connectivity index (χ0) is 19.1. The summed E-state index contributed by atoms with van der Waals surface area (Å²) in [6.07, 6.45) is 0.230. The number of primary amides is 1. The second-order valence-electron chi connectivity index (χ2n) is 6.24. The molecule has 0 bridgehead atoms. The van der Waals surface area contributed by atoms with Crippen molar-refractivity contribution in [3.63, 3.8) is 0 Å². The van der Waals surface area contributed by atoms with E-state index in [4.69, 9.17) is 15.0 Å². The predicted octanol–water partition coefficient (Wildman–Crippen LogP) is 4.35. The highest BCUT2D eigenvalue weighted by atomic mass is 16.6. The van der Waals surface area contributed by atoms with Crippen molar-refractivity contribution < 1.29 is 14.1 Å². The Hall–Kier alpha value is -3.28. The van der Waals surface area contributed by atoms with Crippen molar-refractivity contribution in [2.24, 2.45) is 5.73 Å². The Kier molecular flexibility index (Phi) is 6.10. The van der Waals surface area contributed by atoms with Gasteiger partial charge in [-0.3, -0.25) is 0 Å². The summed E-state index contributed by atoms with van der Waals surface area (Å²) < 4.78 is 9.88. The van der Waals surface area contributed by atoms with Gasteiger partial charge < -0.3 is 19.9 Å². The van der Waals surface area contributed by atoms with Gasteiger partial charge in [0.05, 0.1) is 0 Å². The maximum Gasteiger partial charge on any atom is 0.404 e. The third kappa shape index (κ3) is 5.10. The molecule has 2 aromatic carbocycles. The fourth-order valence-corrected chi connectivity index (χ4v) is 2.88. The highest BCUT2D eigenvalue weighted by Gasteiger charge is 2.10. The van der Waals surface area contributed by atoms with E-state index in [1.54, 1.807) is 6.07 Å². The van der Waals surface area contributed by atoms with E-state index in [2.05, 4.69) is 53.4 Å². The standard InChI is InChI=1S/C21H23N3O3/c1-2-12-24(14-16-6-4-3-5-7-16)18-10-8-17(9-11-18)20-13-19(27-23-20)15-26-21(22)25/h3-11,13H,2,12,14-15H2,1H3,(H2,22,25). The van der Waals surface area contributed by atoms with Crippen LogP contribution in [0.2, 0.25) is 0 Å². The van der Waals surface area contributed by atoms with Crippen LogP contribution in [-0.4, -0.2) is 17.8 Å². The molecule has 27 heavy (non-hydrogen) atoms. The second-order valence-corrected chi connectivity index (χ2v) is 6.24. The van der Waals surface area contributed by atoms with Gasteiger partial charge in [0.2, 0.25) is 0 Å². The SMILES string of the molecule is CCCN(Cc1ccccc1)c1ccc(-c2cc(COC(N)=O)on2)cc1. The molecule has 3 rings (SSSR count). The number of amides is 1. The molecule has 0 fully saturated rings. The van der Waals surface area contributed by atoms with Gasteiger partial charge in [-0.1, -0.05) is 54.5 Å². The molecule has 0 aliphatic carbocycles. The van der Waals surface area contributed by atoms with Crippen molar-refractivity contribution in [2.75, 3.05) is 11.4 Å². The Bertz CT molecular complexity index is 860. The molecule has 0 saturated carbocycles. The lowest BCUT2D eigenvalue weighted by atomic mass is 10.1. The molecule has 0 unspecified atom stereocenters. The summed E-state index contributed by atoms with van der Waals surface area (Å²) >= 11 is 0. The average Bonchev–Trinajstić information content (AvgIpc) is 3.16. The van der Waals surface area contributed by atoms with E-state index >= 15 is 0 Å². The zero-order valence-corrected chi connectivity index (χ0v) is 15.3. The monoisotopic (exact) mass is 365 g/mol. The van der Waals surface area contributed by atoms with Gasteiger partial charge >= 0.3 is 6.09 Å². The van der Waals surface area contributed by atoms with Gasteiger partial charge in [-0.2, -0.15) is 0 Å². The zero-order valence-electron chi connectivity index (χ0n) is 15.3. The first-order valence-corrected chi connectivity index (χ1v) is 8.93. The predicted molar refractivity (Wildman–Crippen MR) is 104 cm³/mol. The van der Waals surface area contributed by atoms with Crippen LogP contribution in [-0.2, 0) is 17.9 Å². The van der Waals surface area contributed by atoms with E-state index in [1.165, 1.54) is 5.56 Å². The number of benzene rings is 2. The molecule has 0 atom stereocenters. The highest BCUT2D eigenvalue weighted by Crippen LogP contribution is 2.24. The maximum atomic E-state index is 10.7. The Balaban J connectivity index is 1.72. The molecule has 2 N–H and O–H groups in total. The van der Waals surface area contributed by atoms with E-state index in [1.807, 2.05) is 18.2 Å². The topological polar surface area (TPSA) is 81.6 Å². The number of hydrogen-bond acceptors (Lipinski definition) is 5. The Morgan fingerprint density at radius 2 is 1.89 bits per heavy atom. The molecule has 6 heteroatoms. The maximum absolute atomic E-state index is 10.7. The van der Waals surface area contributed by atoms with Crippen LogP contribution in [0, 0.1) is 0 Å². The van der Waals surface area contributed by atoms with E-state index in [0.717, 1.165) is 30.8 Å². The molecular formula is C21H23N3O3. The van der Waals surface area contributed by atoms with Crippen molar-refractivity contribution in [3.05, 3.63) is 72.0 Å². The van der Waals surface area contributed by atoms with Gasteiger partial charge in [-0.15, -0.1) is 0 Å². The summed E-state index contributed by atoms with van der Waals surface area (Å²) in [5.41, 5.74) is 9.02. The molecular weight excluding hydrogens is 342 g/mol. The van der Waals surface area contributed by atoms with Crippen LogP contribution >= 0.6 is 0 Å². The van der Waals surface area contributed by atoms with Crippen LogP contribution in [0.5, 0.6) is 0 Å². The van der Waals surface area contributed by atoms with E-state index in [0.29, 0.717) is 11.5 Å². The number of carbonyl (C=O) groups excluding carboxylic acids is 1. The van der Waals surface area contributed by atoms with Gasteiger partial charge in [0.1, 0.15) is 5.69 Å². The van der Waals surface area contributed by atoms with Gasteiger partial charge in [0.15, 0.2) is 12.4 Å². The highest BCUT2D eigenvalue weighted by molar-refractivity contribution is 5.65. The smallest absolute Gasteiger partial charge is 0.404 e. The molecule has 0 spiro atoms. The van der Waals surface area contributed by atoms with Crippen molar-refractivity contribution in [1.82, 2.24) is 5.16 Å². The fourth-order valence-electron chi connectivity index (χ4n) is 2.88. The van der Waals surface area contributed by atoms with E-state index < -0.39 is 6.09 Å². The molecule has 140 valence electrons. The average molecular weight is 365 g/mol. The molecule has 1 aromatic heterocycles. The minimum absolute atomic E-state index is 0.0260. The van der Waals surface area contributed by atoms with Crippen molar-refractivity contribution in [1.29, 1.82) is 0 Å². The molecule has 1 heterocycles. The van der Waals surface area contributed by atoms with Crippen LogP contribution in [0.3, 0.4) is 0 Å². The molecule has 0 radical (unpaired) electrons. The number of ether oxygens (including phenoxy) is 1. The van der Waals surface area contributed by atoms with Gasteiger partial charge in [-0.05, 0) is 24.1 Å². The number of carbonyl (C=O) groups is 1. The molecule has 6 nitrogen and oxygen atoms in total. The van der Waals surface area contributed by atoms with Crippen LogP contribution in [0.15, 0.2) is 65.2 Å². The van der Waals surface area contributed by atoms with E-state index in [9.17, 15) is 4.79 Å². The Morgan fingerprint density at radius 1 is 1.15 bits per heavy atom. The summed E-state index contributed by atoms with van der Waals surface area (Å²) in [7, 11) is 0. The van der Waals surface area contributed by atoms with Gasteiger partial charge in [0.25, 0.3) is 0 Å². The first-order chi connectivity index (χ1) is 13.2. The first kappa shape index (κ1) is 18.5. The number of nitrogens with zero attached hydrogens (tertiary/aromatic N) is 2. The van der Waals surface area contributed by atoms with Crippen LogP contribution in [0.4, 0.5) is 10.5 Å². The quantitative estimate of drug-likeness (QED) is 0.642. The van der Waals surface area contributed by atoms with Crippen molar-refractivity contribution in [2.45, 2.75) is 26.5 Å². The number of nitrogens with two attached hydrogens (primary N) is 1. The summed E-state index contributed by atoms with van der Waals surface area (Å²) in [6.45, 7) is 4.00. The number of anilines is 1. The third-order valence-electron chi connectivity index (χ3n) is 4.15. The second kappa shape index (κ2) is 8.89. The van der Waals surface area contributed by atoms with Crippen molar-refractivity contribution in [3.8, 4) is 11.3 Å². The Labute approximate surface area is 158 Å². The minimum Gasteiger partial charge on any atom is -0.441 e. The van der Waals surface area contributed by atoms with Crippen LogP contribution < -0.4 is 10.6 Å². The minimum atomic E-state index is -0.841. The van der Waals surface area contributed by atoms with Gasteiger partial charge in [0, 0.05) is 30.4 Å². The molecule has 0 aliphatic heterocycles. The lowest BCUT2D eigenvalue weighted by molar-refractivity contribution is 0.137. The number of hydrogen-bond donors (Lipinski definition) is 1. The number of aromatic nitrogens is 1.